The molecule has 98 valence electrons. The van der Waals surface area contributed by atoms with Gasteiger partial charge >= 0.3 is 5.97 Å². The number of nitrogens with zero attached hydrogens (tertiary/aromatic N) is 1. The van der Waals surface area contributed by atoms with Crippen molar-refractivity contribution in [2.45, 2.75) is 13.3 Å². The zero-order valence-electron chi connectivity index (χ0n) is 10.3. The van der Waals surface area contributed by atoms with Gasteiger partial charge in [-0.05, 0) is 25.1 Å². The van der Waals surface area contributed by atoms with Gasteiger partial charge in [-0.2, -0.15) is 0 Å². The summed E-state index contributed by atoms with van der Waals surface area (Å²) in [7, 11) is 0. The first-order valence-electron chi connectivity index (χ1n) is 5.81. The highest BCUT2D eigenvalue weighted by atomic mass is 16.7. The number of aromatic amines is 1. The molecule has 0 unspecified atom stereocenters. The first-order chi connectivity index (χ1) is 9.13. The Morgan fingerprint density at radius 1 is 1.42 bits per heavy atom. The van der Waals surface area contributed by atoms with Gasteiger partial charge in [0.2, 0.25) is 6.79 Å². The van der Waals surface area contributed by atoms with Crippen LogP contribution in [0.25, 0.3) is 11.3 Å². The standard InChI is InChI=1S/C13H12N2O4/c1-7-14-9(5-12(16)17)13(15-7)8-2-3-10-11(4-8)19-6-18-10/h2-4H,5-6H2,1H3,(H,14,15)(H,16,17). The second kappa shape index (κ2) is 4.31. The minimum atomic E-state index is -0.898. The number of aromatic nitrogens is 2. The number of H-pyrrole nitrogens is 1. The fraction of sp³-hybridized carbons (Fsp3) is 0.231. The van der Waals surface area contributed by atoms with E-state index < -0.39 is 5.97 Å². The summed E-state index contributed by atoms with van der Waals surface area (Å²) in [5.41, 5.74) is 2.03. The lowest BCUT2D eigenvalue weighted by atomic mass is 10.1. The number of hydrogen-bond donors (Lipinski definition) is 2. The number of ether oxygens (including phenoxy) is 2. The summed E-state index contributed by atoms with van der Waals surface area (Å²) in [5.74, 6) is 1.13. The number of benzene rings is 1. The number of imidazole rings is 1. The van der Waals surface area contributed by atoms with Crippen molar-refractivity contribution >= 4 is 5.97 Å². The number of nitrogens with one attached hydrogen (secondary N) is 1. The van der Waals surface area contributed by atoms with Gasteiger partial charge < -0.3 is 19.6 Å². The largest absolute Gasteiger partial charge is 0.481 e. The van der Waals surface area contributed by atoms with Crippen LogP contribution in [-0.2, 0) is 11.2 Å². The predicted octanol–water partition coefficient (Wildman–Crippen LogP) is 1.74. The van der Waals surface area contributed by atoms with Gasteiger partial charge in [0.1, 0.15) is 5.82 Å². The van der Waals surface area contributed by atoms with Crippen LogP contribution in [0, 0.1) is 6.92 Å². The first-order valence-corrected chi connectivity index (χ1v) is 5.81. The summed E-state index contributed by atoms with van der Waals surface area (Å²) in [5, 5.41) is 8.91. The summed E-state index contributed by atoms with van der Waals surface area (Å²) in [6.07, 6.45) is -0.0926. The molecule has 0 atom stereocenters. The van der Waals surface area contributed by atoms with E-state index in [4.69, 9.17) is 14.6 Å². The molecule has 1 aromatic carbocycles. The van der Waals surface area contributed by atoms with Crippen molar-refractivity contribution in [1.82, 2.24) is 9.97 Å². The fourth-order valence-electron chi connectivity index (χ4n) is 2.10. The molecular formula is C13H12N2O4. The molecule has 1 aliphatic rings. The van der Waals surface area contributed by atoms with Gasteiger partial charge in [-0.25, -0.2) is 4.98 Å². The maximum Gasteiger partial charge on any atom is 0.309 e. The summed E-state index contributed by atoms with van der Waals surface area (Å²) in [6.45, 7) is 2.00. The van der Waals surface area contributed by atoms with E-state index in [-0.39, 0.29) is 13.2 Å². The Morgan fingerprint density at radius 3 is 3.00 bits per heavy atom. The molecule has 0 amide bonds. The number of aryl methyl sites for hydroxylation is 1. The van der Waals surface area contributed by atoms with Crippen molar-refractivity contribution in [3.8, 4) is 22.8 Å². The van der Waals surface area contributed by atoms with Crippen LogP contribution in [0.15, 0.2) is 18.2 Å². The molecule has 0 radical (unpaired) electrons. The maximum atomic E-state index is 10.9. The minimum Gasteiger partial charge on any atom is -0.481 e. The predicted molar refractivity (Wildman–Crippen MR) is 66.2 cm³/mol. The Hall–Kier alpha value is -2.50. The molecule has 0 bridgehead atoms. The van der Waals surface area contributed by atoms with Gasteiger partial charge in [0, 0.05) is 5.56 Å². The SMILES string of the molecule is Cc1nc(-c2ccc3c(c2)OCO3)c(CC(=O)O)[nH]1. The number of fused-ring (bicyclic) bond motifs is 1. The lowest BCUT2D eigenvalue weighted by Crippen LogP contribution is -2.01. The van der Waals surface area contributed by atoms with Gasteiger partial charge in [0.05, 0.1) is 17.8 Å². The van der Waals surface area contributed by atoms with E-state index >= 15 is 0 Å². The van der Waals surface area contributed by atoms with Crippen LogP contribution in [0.2, 0.25) is 0 Å². The van der Waals surface area contributed by atoms with Crippen molar-refractivity contribution in [2.75, 3.05) is 6.79 Å². The van der Waals surface area contributed by atoms with Crippen LogP contribution in [-0.4, -0.2) is 27.8 Å². The first kappa shape index (κ1) is 11.6. The van der Waals surface area contributed by atoms with E-state index in [9.17, 15) is 4.79 Å². The zero-order chi connectivity index (χ0) is 13.4. The van der Waals surface area contributed by atoms with Crippen molar-refractivity contribution in [1.29, 1.82) is 0 Å². The Labute approximate surface area is 109 Å². The van der Waals surface area contributed by atoms with Crippen molar-refractivity contribution in [2.24, 2.45) is 0 Å². The number of rotatable bonds is 3. The van der Waals surface area contributed by atoms with Gasteiger partial charge in [-0.3, -0.25) is 4.79 Å². The molecule has 19 heavy (non-hydrogen) atoms. The van der Waals surface area contributed by atoms with E-state index in [1.165, 1.54) is 0 Å². The molecule has 0 aliphatic carbocycles. The second-order valence-electron chi connectivity index (χ2n) is 4.29. The molecule has 3 rings (SSSR count). The quantitative estimate of drug-likeness (QED) is 0.878. The molecule has 0 saturated carbocycles. The Balaban J connectivity index is 2.04. The third-order valence-electron chi connectivity index (χ3n) is 2.87. The topological polar surface area (TPSA) is 84.4 Å². The minimum absolute atomic E-state index is 0.0926. The van der Waals surface area contributed by atoms with E-state index in [0.29, 0.717) is 28.7 Å². The lowest BCUT2D eigenvalue weighted by molar-refractivity contribution is -0.136. The van der Waals surface area contributed by atoms with E-state index in [2.05, 4.69) is 9.97 Å². The van der Waals surface area contributed by atoms with Gasteiger partial charge in [-0.1, -0.05) is 0 Å². The van der Waals surface area contributed by atoms with Crippen molar-refractivity contribution < 1.29 is 19.4 Å². The average Bonchev–Trinajstić information content (AvgIpc) is 2.93. The second-order valence-corrected chi connectivity index (χ2v) is 4.29. The zero-order valence-corrected chi connectivity index (χ0v) is 10.3. The molecular weight excluding hydrogens is 248 g/mol. The van der Waals surface area contributed by atoms with Crippen LogP contribution < -0.4 is 9.47 Å². The third kappa shape index (κ3) is 2.12. The van der Waals surface area contributed by atoms with Gasteiger partial charge in [-0.15, -0.1) is 0 Å². The van der Waals surface area contributed by atoms with E-state index in [1.807, 2.05) is 12.1 Å². The van der Waals surface area contributed by atoms with Gasteiger partial charge in [0.15, 0.2) is 11.5 Å². The van der Waals surface area contributed by atoms with Crippen LogP contribution in [0.3, 0.4) is 0 Å². The highest BCUT2D eigenvalue weighted by Crippen LogP contribution is 2.36. The summed E-state index contributed by atoms with van der Waals surface area (Å²) >= 11 is 0. The van der Waals surface area contributed by atoms with Crippen LogP contribution in [0.1, 0.15) is 11.5 Å². The molecule has 1 aromatic heterocycles. The molecule has 2 heterocycles. The molecule has 2 aromatic rings. The molecule has 6 heteroatoms. The van der Waals surface area contributed by atoms with Crippen LogP contribution in [0.4, 0.5) is 0 Å². The Bertz CT molecular complexity index is 648. The summed E-state index contributed by atoms with van der Waals surface area (Å²) in [6, 6.07) is 5.45. The van der Waals surface area contributed by atoms with Crippen molar-refractivity contribution in [3.63, 3.8) is 0 Å². The number of hydrogen-bond acceptors (Lipinski definition) is 4. The lowest BCUT2D eigenvalue weighted by Gasteiger charge is -2.02. The average molecular weight is 260 g/mol. The van der Waals surface area contributed by atoms with E-state index in [0.717, 1.165) is 5.56 Å². The number of carbonyl (C=O) groups is 1. The smallest absolute Gasteiger partial charge is 0.309 e. The molecule has 2 N–H and O–H groups in total. The number of carboxylic acid groups (broad SMARTS) is 1. The monoisotopic (exact) mass is 260 g/mol. The molecule has 6 nitrogen and oxygen atoms in total. The summed E-state index contributed by atoms with van der Waals surface area (Å²) < 4.78 is 10.6. The molecule has 0 fully saturated rings. The Morgan fingerprint density at radius 2 is 2.21 bits per heavy atom. The molecule has 0 saturated heterocycles. The summed E-state index contributed by atoms with van der Waals surface area (Å²) in [4.78, 5) is 18.2. The fourth-order valence-corrected chi connectivity index (χ4v) is 2.10. The normalized spacial score (nSPS) is 12.7. The number of carboxylic acids is 1. The number of aliphatic carboxylic acids is 1. The molecule has 1 aliphatic heterocycles. The van der Waals surface area contributed by atoms with E-state index in [1.54, 1.807) is 13.0 Å². The third-order valence-corrected chi connectivity index (χ3v) is 2.87. The maximum absolute atomic E-state index is 10.9. The molecule has 0 spiro atoms. The highest BCUT2D eigenvalue weighted by Gasteiger charge is 2.18. The Kier molecular flexibility index (Phi) is 2.63. The van der Waals surface area contributed by atoms with Gasteiger partial charge in [0.25, 0.3) is 0 Å². The van der Waals surface area contributed by atoms with Crippen LogP contribution >= 0.6 is 0 Å². The van der Waals surface area contributed by atoms with Crippen LogP contribution in [0.5, 0.6) is 11.5 Å². The van der Waals surface area contributed by atoms with Crippen molar-refractivity contribution in [3.05, 3.63) is 29.7 Å². The highest BCUT2D eigenvalue weighted by molar-refractivity contribution is 5.75.